The third kappa shape index (κ3) is 3.58. The summed E-state index contributed by atoms with van der Waals surface area (Å²) < 4.78 is 5.95. The van der Waals surface area contributed by atoms with Crippen LogP contribution in [-0.2, 0) is 25.8 Å². The molecule has 7 heteroatoms. The van der Waals surface area contributed by atoms with Crippen LogP contribution in [0.25, 0.3) is 21.9 Å². The van der Waals surface area contributed by atoms with Gasteiger partial charge in [-0.15, -0.1) is 22.7 Å². The van der Waals surface area contributed by atoms with Gasteiger partial charge >= 0.3 is 0 Å². The Morgan fingerprint density at radius 2 is 1.03 bits per heavy atom. The van der Waals surface area contributed by atoms with E-state index in [2.05, 4.69) is 0 Å². The van der Waals surface area contributed by atoms with E-state index in [9.17, 15) is 19.2 Å². The van der Waals surface area contributed by atoms with Gasteiger partial charge in [-0.05, 0) is 52.0 Å². The van der Waals surface area contributed by atoms with Crippen LogP contribution in [0.1, 0.15) is 43.0 Å². The van der Waals surface area contributed by atoms with Crippen molar-refractivity contribution in [1.82, 2.24) is 0 Å². The molecule has 0 bridgehead atoms. The maximum Gasteiger partial charge on any atom is 0.197 e. The van der Waals surface area contributed by atoms with Crippen molar-refractivity contribution >= 4 is 58.0 Å². The zero-order valence-electron chi connectivity index (χ0n) is 20.2. The Hall–Kier alpha value is -3.68. The molecule has 0 saturated heterocycles. The van der Waals surface area contributed by atoms with Crippen molar-refractivity contribution in [3.05, 3.63) is 85.2 Å². The Balaban J connectivity index is 1.52. The molecule has 2 aromatic heterocycles. The first-order chi connectivity index (χ1) is 17.3. The first-order valence-corrected chi connectivity index (χ1v) is 13.1. The molecule has 180 valence electrons. The van der Waals surface area contributed by atoms with E-state index in [4.69, 9.17) is 4.74 Å². The largest absolute Gasteiger partial charge is 0.487 e. The van der Waals surface area contributed by atoms with Crippen molar-refractivity contribution in [1.29, 1.82) is 0 Å². The van der Waals surface area contributed by atoms with E-state index in [-0.39, 0.29) is 34.3 Å². The number of carbonyl (C=O) groups is 4. The number of carbonyl (C=O) groups excluding carboxylic acids is 4. The highest BCUT2D eigenvalue weighted by Gasteiger charge is 2.37. The number of hydrogen-bond donors (Lipinski definition) is 0. The predicted molar refractivity (Wildman–Crippen MR) is 143 cm³/mol. The molecule has 0 aromatic carbocycles. The minimum Gasteiger partial charge on any atom is -0.487 e. The Morgan fingerprint density at radius 3 is 1.47 bits per heavy atom. The molecule has 5 rings (SSSR count). The molecule has 3 heterocycles. The second-order valence-electron chi connectivity index (χ2n) is 8.38. The van der Waals surface area contributed by atoms with Gasteiger partial charge in [-0.2, -0.15) is 0 Å². The highest BCUT2D eigenvalue weighted by Crippen LogP contribution is 2.48. The molecule has 5 nitrogen and oxygen atoms in total. The summed E-state index contributed by atoms with van der Waals surface area (Å²) in [6.45, 7) is 7.37. The topological polar surface area (TPSA) is 77.5 Å². The van der Waals surface area contributed by atoms with Gasteiger partial charge in [0.15, 0.2) is 23.1 Å². The van der Waals surface area contributed by atoms with Crippen molar-refractivity contribution in [3.8, 4) is 15.5 Å². The molecule has 3 aliphatic rings. The number of thiophene rings is 2. The Kier molecular flexibility index (Phi) is 6.06. The fourth-order valence-corrected chi connectivity index (χ4v) is 7.00. The van der Waals surface area contributed by atoms with Gasteiger partial charge in [-0.3, -0.25) is 19.2 Å². The Bertz CT molecular complexity index is 1390. The van der Waals surface area contributed by atoms with Gasteiger partial charge < -0.3 is 4.74 Å². The molecule has 2 fully saturated rings. The summed E-state index contributed by atoms with van der Waals surface area (Å²) in [7, 11) is 0. The summed E-state index contributed by atoms with van der Waals surface area (Å²) in [5.74, 6) is -0.344. The van der Waals surface area contributed by atoms with Crippen LogP contribution >= 0.6 is 22.7 Å². The summed E-state index contributed by atoms with van der Waals surface area (Å²) >= 11 is 2.93. The summed E-state index contributed by atoms with van der Waals surface area (Å²) in [6.07, 6.45) is 10.00. The maximum atomic E-state index is 12.8. The molecule has 0 amide bonds. The molecule has 1 aliphatic heterocycles. The van der Waals surface area contributed by atoms with Crippen LogP contribution in [0.3, 0.4) is 0 Å². The molecule has 2 aromatic rings. The molecule has 0 N–H and O–H groups in total. The van der Waals surface area contributed by atoms with E-state index in [0.717, 1.165) is 25.1 Å². The smallest absolute Gasteiger partial charge is 0.197 e. The zero-order valence-corrected chi connectivity index (χ0v) is 21.8. The van der Waals surface area contributed by atoms with E-state index >= 15 is 0 Å². The van der Waals surface area contributed by atoms with Crippen LogP contribution in [0.2, 0.25) is 0 Å². The Morgan fingerprint density at radius 1 is 0.611 bits per heavy atom. The third-order valence-corrected chi connectivity index (χ3v) is 8.75. The molecule has 0 spiro atoms. The fraction of sp³-hybridized carbons (Fsp3) is 0.172. The van der Waals surface area contributed by atoms with Crippen LogP contribution in [-0.4, -0.2) is 23.1 Å². The van der Waals surface area contributed by atoms with E-state index in [1.807, 2.05) is 12.1 Å². The molecule has 2 aliphatic carbocycles. The number of allylic oxidation sites excluding steroid dienone is 10. The number of hydrogen-bond acceptors (Lipinski definition) is 7. The zero-order chi connectivity index (χ0) is 25.7. The minimum atomic E-state index is -0.263. The molecule has 0 unspecified atom stereocenters. The molecule has 36 heavy (non-hydrogen) atoms. The first kappa shape index (κ1) is 24.0. The number of Topliss-reactive ketones (excluding diaryl/α,β-unsaturated/α-hetero) is 4. The quantitative estimate of drug-likeness (QED) is 0.351. The van der Waals surface area contributed by atoms with Gasteiger partial charge in [0.25, 0.3) is 0 Å². The lowest BCUT2D eigenvalue weighted by Gasteiger charge is -2.12. The Labute approximate surface area is 216 Å². The summed E-state index contributed by atoms with van der Waals surface area (Å²) in [5, 5.41) is 0. The number of rotatable bonds is 2. The average molecular weight is 515 g/mol. The van der Waals surface area contributed by atoms with E-state index in [0.29, 0.717) is 34.6 Å². The monoisotopic (exact) mass is 514 g/mol. The van der Waals surface area contributed by atoms with E-state index in [1.54, 1.807) is 64.2 Å². The van der Waals surface area contributed by atoms with Gasteiger partial charge in [0.05, 0.1) is 20.9 Å². The third-order valence-electron chi connectivity index (χ3n) is 6.40. The van der Waals surface area contributed by atoms with Crippen molar-refractivity contribution in [2.75, 3.05) is 0 Å². The second-order valence-corrected chi connectivity index (χ2v) is 10.5. The predicted octanol–water partition coefficient (Wildman–Crippen LogP) is 6.22. The van der Waals surface area contributed by atoms with Gasteiger partial charge in [0.1, 0.15) is 12.4 Å². The van der Waals surface area contributed by atoms with Crippen molar-refractivity contribution in [2.24, 2.45) is 0 Å². The lowest BCUT2D eigenvalue weighted by molar-refractivity contribution is -0.116. The first-order valence-electron chi connectivity index (χ1n) is 11.5. The van der Waals surface area contributed by atoms with Gasteiger partial charge in [0.2, 0.25) is 0 Å². The normalized spacial score (nSPS) is 21.8. The summed E-state index contributed by atoms with van der Waals surface area (Å²) in [4.78, 5) is 54.6. The molecular formula is C29H22O5S2. The van der Waals surface area contributed by atoms with Crippen LogP contribution in [0, 0.1) is 0 Å². The lowest BCUT2D eigenvalue weighted by atomic mass is 10.1. The molecule has 0 atom stereocenters. The fourth-order valence-electron chi connectivity index (χ4n) is 4.67. The van der Waals surface area contributed by atoms with Crippen LogP contribution < -0.4 is 4.74 Å². The van der Waals surface area contributed by atoms with Gasteiger partial charge in [0, 0.05) is 37.6 Å². The summed E-state index contributed by atoms with van der Waals surface area (Å²) in [5.41, 5.74) is 3.04. The van der Waals surface area contributed by atoms with E-state index < -0.39 is 0 Å². The molecule has 0 radical (unpaired) electrons. The maximum absolute atomic E-state index is 12.8. The second kappa shape index (κ2) is 9.08. The van der Waals surface area contributed by atoms with Crippen molar-refractivity contribution in [2.45, 2.75) is 34.3 Å². The standard InChI is InChI=1S/C29H22O5S2/c1-5-17-18(6-2)25(31)21(24(17)30)10-15-9-14-13-34-23-12-16(36-29(23)28(14)35-15)11-22-26(32)19(7-3)20(8-4)27(22)33/h5-12H,13H2,1-4H3/b17-5+,18-6+,19-7+,20-8+. The number of ether oxygens (including phenoxy) is 1. The number of ketones is 4. The van der Waals surface area contributed by atoms with Crippen LogP contribution in [0.15, 0.2) is 69.9 Å². The summed E-state index contributed by atoms with van der Waals surface area (Å²) in [6, 6.07) is 3.79. The van der Waals surface area contributed by atoms with Crippen LogP contribution in [0.5, 0.6) is 5.75 Å². The molecule has 2 saturated carbocycles. The van der Waals surface area contributed by atoms with E-state index in [1.165, 1.54) is 22.7 Å². The highest BCUT2D eigenvalue weighted by molar-refractivity contribution is 7.23. The SMILES string of the molecule is C/C=C1/C(=O)C(=Cc2cc3c(s2)-c2sc(C=C4C(=O)C(=C/C)/C(=C\C)C4=O)cc2OC3)C(=O)/C1=C/C. The minimum absolute atomic E-state index is 0.157. The van der Waals surface area contributed by atoms with Gasteiger partial charge in [-0.25, -0.2) is 0 Å². The van der Waals surface area contributed by atoms with Crippen molar-refractivity contribution in [3.63, 3.8) is 0 Å². The van der Waals surface area contributed by atoms with Crippen LogP contribution in [0.4, 0.5) is 0 Å². The molecular weight excluding hydrogens is 492 g/mol. The highest BCUT2D eigenvalue weighted by atomic mass is 32.1. The average Bonchev–Trinajstić information content (AvgIpc) is 3.58. The number of fused-ring (bicyclic) bond motifs is 3. The van der Waals surface area contributed by atoms with Crippen molar-refractivity contribution < 1.29 is 23.9 Å². The lowest BCUT2D eigenvalue weighted by Crippen LogP contribution is -2.00. The van der Waals surface area contributed by atoms with Gasteiger partial charge in [-0.1, -0.05) is 24.3 Å².